The summed E-state index contributed by atoms with van der Waals surface area (Å²) in [6, 6.07) is 22.3. The molecule has 5 heteroatoms. The zero-order valence-corrected chi connectivity index (χ0v) is 20.7. The van der Waals surface area contributed by atoms with Crippen molar-refractivity contribution < 1.29 is 23.1 Å². The molecule has 188 valence electrons. The van der Waals surface area contributed by atoms with Gasteiger partial charge in [0.15, 0.2) is 11.9 Å². The van der Waals surface area contributed by atoms with Crippen LogP contribution in [-0.4, -0.2) is 12.4 Å². The number of hydrogen-bond donors (Lipinski definition) is 0. The van der Waals surface area contributed by atoms with E-state index >= 15 is 4.39 Å². The van der Waals surface area contributed by atoms with Crippen LogP contribution in [0, 0.1) is 5.82 Å². The number of halogens is 1. The van der Waals surface area contributed by atoms with Crippen LogP contribution in [0.15, 0.2) is 107 Å². The van der Waals surface area contributed by atoms with Crippen molar-refractivity contribution in [3.8, 4) is 11.5 Å². The Hall–Kier alpha value is -4.90. The number of carbonyl (C=O) groups is 1. The van der Waals surface area contributed by atoms with Crippen molar-refractivity contribution in [2.24, 2.45) is 0 Å². The lowest BCUT2D eigenvalue weighted by atomic mass is 9.81. The van der Waals surface area contributed by atoms with Gasteiger partial charge < -0.3 is 13.9 Å². The van der Waals surface area contributed by atoms with E-state index in [1.807, 2.05) is 78.9 Å². The minimum absolute atomic E-state index is 0.213. The molecule has 2 unspecified atom stereocenters. The quantitative estimate of drug-likeness (QED) is 0.233. The molecule has 1 aliphatic carbocycles. The highest BCUT2D eigenvalue weighted by atomic mass is 19.1. The predicted octanol–water partition coefficient (Wildman–Crippen LogP) is 7.69. The van der Waals surface area contributed by atoms with Gasteiger partial charge in [-0.15, -0.1) is 0 Å². The van der Waals surface area contributed by atoms with Gasteiger partial charge in [0.05, 0.1) is 5.56 Å². The highest BCUT2D eigenvalue weighted by Gasteiger charge is 2.47. The Labute approximate surface area is 223 Å². The Balaban J connectivity index is 1.36. The summed E-state index contributed by atoms with van der Waals surface area (Å²) in [6.45, 7) is 0. The van der Waals surface area contributed by atoms with Crippen LogP contribution in [0.2, 0.25) is 0 Å². The molecule has 4 nitrogen and oxygen atoms in total. The largest absolute Gasteiger partial charge is 0.481 e. The molecule has 39 heavy (non-hydrogen) atoms. The van der Waals surface area contributed by atoms with Gasteiger partial charge in [-0.05, 0) is 48.1 Å². The summed E-state index contributed by atoms with van der Waals surface area (Å²) in [4.78, 5) is 12.6. The first-order valence-electron chi connectivity index (χ1n) is 12.9. The van der Waals surface area contributed by atoms with E-state index in [9.17, 15) is 4.79 Å². The van der Waals surface area contributed by atoms with Crippen LogP contribution in [0.4, 0.5) is 4.39 Å². The van der Waals surface area contributed by atoms with Crippen molar-refractivity contribution in [2.45, 2.75) is 18.1 Å². The van der Waals surface area contributed by atoms with Crippen LogP contribution in [0.1, 0.15) is 32.6 Å². The van der Waals surface area contributed by atoms with E-state index in [-0.39, 0.29) is 11.9 Å². The fourth-order valence-electron chi connectivity index (χ4n) is 6.13. The van der Waals surface area contributed by atoms with Crippen molar-refractivity contribution >= 4 is 34.3 Å². The number of hydrogen-bond acceptors (Lipinski definition) is 4. The van der Waals surface area contributed by atoms with E-state index in [0.717, 1.165) is 44.9 Å². The van der Waals surface area contributed by atoms with Crippen LogP contribution in [0.3, 0.4) is 0 Å². The summed E-state index contributed by atoms with van der Waals surface area (Å²) in [7, 11) is 0. The van der Waals surface area contributed by atoms with Gasteiger partial charge in [0.25, 0.3) is 0 Å². The maximum absolute atomic E-state index is 15.6. The summed E-state index contributed by atoms with van der Waals surface area (Å²) >= 11 is 0. The van der Waals surface area contributed by atoms with E-state index < -0.39 is 5.60 Å². The van der Waals surface area contributed by atoms with E-state index in [4.69, 9.17) is 13.9 Å². The smallest absolute Gasteiger partial charge is 0.166 e. The van der Waals surface area contributed by atoms with Crippen LogP contribution >= 0.6 is 0 Å². The summed E-state index contributed by atoms with van der Waals surface area (Å²) < 4.78 is 34.7. The number of para-hydroxylation sites is 1. The second-order valence-corrected chi connectivity index (χ2v) is 10.1. The van der Waals surface area contributed by atoms with Crippen molar-refractivity contribution in [3.63, 3.8) is 0 Å². The van der Waals surface area contributed by atoms with E-state index in [2.05, 4.69) is 0 Å². The molecular weight excluding hydrogens is 491 g/mol. The fraction of sp³-hybridized carbons (Fsp3) is 0.0882. The number of ether oxygens (including phenoxy) is 2. The van der Waals surface area contributed by atoms with Crippen molar-refractivity contribution in [3.05, 3.63) is 136 Å². The average Bonchev–Trinajstić information content (AvgIpc) is 3.54. The number of allylic oxidation sites excluding steroid dienone is 2. The molecule has 3 aliphatic rings. The highest BCUT2D eigenvalue weighted by molar-refractivity contribution is 6.05. The third-order valence-electron chi connectivity index (χ3n) is 7.96. The van der Waals surface area contributed by atoms with Gasteiger partial charge >= 0.3 is 0 Å². The van der Waals surface area contributed by atoms with Gasteiger partial charge in [0.2, 0.25) is 0 Å². The molecule has 0 radical (unpaired) electrons. The molecule has 4 aromatic carbocycles. The molecule has 2 atom stereocenters. The summed E-state index contributed by atoms with van der Waals surface area (Å²) in [5.74, 6) is 0.701. The molecule has 2 aliphatic heterocycles. The maximum atomic E-state index is 15.6. The first-order chi connectivity index (χ1) is 19.1. The molecule has 0 saturated carbocycles. The standard InChI is InChI=1S/C34H21FO4/c35-28-10-4-3-9-27(28)34(22-13-14-31-25(17-22)23-8-2-6-12-30(23)38-31)18-21-16-32-24(26(19-36)33(21)39-34)15-20-7-1-5-11-29(20)37-32/h1-17,19,29H,18H2. The van der Waals surface area contributed by atoms with Gasteiger partial charge in [-0.3, -0.25) is 4.79 Å². The van der Waals surface area contributed by atoms with Gasteiger partial charge in [0, 0.05) is 39.4 Å². The van der Waals surface area contributed by atoms with E-state index in [1.165, 1.54) is 6.07 Å². The monoisotopic (exact) mass is 512 g/mol. The summed E-state index contributed by atoms with van der Waals surface area (Å²) in [5.41, 5.74) is 4.35. The SMILES string of the molecule is O=Cc1c2c(cc3c1OC(c1ccc4oc5ccccc5c4c1)(c1ccccc1F)C3)OC1C=CC=CC1=C2. The Morgan fingerprint density at radius 1 is 0.923 bits per heavy atom. The highest BCUT2D eigenvalue weighted by Crippen LogP contribution is 2.52. The van der Waals surface area contributed by atoms with Crippen molar-refractivity contribution in [1.82, 2.24) is 0 Å². The topological polar surface area (TPSA) is 48.7 Å². The molecule has 0 bridgehead atoms. The molecule has 0 N–H and O–H groups in total. The van der Waals surface area contributed by atoms with Gasteiger partial charge in [-0.2, -0.15) is 0 Å². The fourth-order valence-corrected chi connectivity index (χ4v) is 6.13. The number of rotatable bonds is 3. The second-order valence-electron chi connectivity index (χ2n) is 10.1. The van der Waals surface area contributed by atoms with E-state index in [0.29, 0.717) is 34.6 Å². The zero-order chi connectivity index (χ0) is 26.1. The number of furan rings is 1. The lowest BCUT2D eigenvalue weighted by molar-refractivity contribution is 0.110. The van der Waals surface area contributed by atoms with Crippen LogP contribution in [0.5, 0.6) is 11.5 Å². The van der Waals surface area contributed by atoms with Crippen molar-refractivity contribution in [1.29, 1.82) is 0 Å². The average molecular weight is 513 g/mol. The molecule has 3 heterocycles. The summed E-state index contributed by atoms with van der Waals surface area (Å²) in [6.07, 6.45) is 10.8. The Morgan fingerprint density at radius 2 is 1.77 bits per heavy atom. The lowest BCUT2D eigenvalue weighted by Gasteiger charge is -2.31. The minimum atomic E-state index is -1.19. The Kier molecular flexibility index (Phi) is 4.56. The number of benzene rings is 4. The lowest BCUT2D eigenvalue weighted by Crippen LogP contribution is -2.34. The number of carbonyl (C=O) groups excluding carboxylic acids is 1. The number of aldehydes is 1. The molecule has 0 fully saturated rings. The van der Waals surface area contributed by atoms with Crippen LogP contribution in [0.25, 0.3) is 28.0 Å². The number of fused-ring (bicyclic) bond motifs is 6. The van der Waals surface area contributed by atoms with Crippen molar-refractivity contribution in [2.75, 3.05) is 0 Å². The van der Waals surface area contributed by atoms with Gasteiger partial charge in [-0.25, -0.2) is 4.39 Å². The van der Waals surface area contributed by atoms with E-state index in [1.54, 1.807) is 18.2 Å². The molecule has 0 saturated heterocycles. The molecule has 0 amide bonds. The summed E-state index contributed by atoms with van der Waals surface area (Å²) in [5, 5.41) is 1.89. The third kappa shape index (κ3) is 3.13. The van der Waals surface area contributed by atoms with Crippen LogP contribution in [-0.2, 0) is 12.0 Å². The molecule has 5 aromatic rings. The Bertz CT molecular complexity index is 1940. The third-order valence-corrected chi connectivity index (χ3v) is 7.96. The Morgan fingerprint density at radius 3 is 2.67 bits per heavy atom. The first kappa shape index (κ1) is 22.1. The molecular formula is C34H21FO4. The van der Waals surface area contributed by atoms with Gasteiger partial charge in [-0.1, -0.05) is 60.7 Å². The second kappa shape index (κ2) is 8.05. The minimum Gasteiger partial charge on any atom is -0.481 e. The molecule has 8 rings (SSSR count). The predicted molar refractivity (Wildman–Crippen MR) is 148 cm³/mol. The zero-order valence-electron chi connectivity index (χ0n) is 20.7. The van der Waals surface area contributed by atoms with Crippen LogP contribution < -0.4 is 9.47 Å². The molecule has 0 spiro atoms. The van der Waals surface area contributed by atoms with Gasteiger partial charge in [0.1, 0.15) is 34.6 Å². The maximum Gasteiger partial charge on any atom is 0.166 e. The molecule has 1 aromatic heterocycles. The normalized spacial score (nSPS) is 20.6. The first-order valence-corrected chi connectivity index (χ1v) is 12.9.